The lowest BCUT2D eigenvalue weighted by atomic mass is 10.1. The van der Waals surface area contributed by atoms with Crippen molar-refractivity contribution in [3.05, 3.63) is 40.2 Å². The van der Waals surface area contributed by atoms with Crippen LogP contribution < -0.4 is 5.32 Å². The molecule has 0 saturated heterocycles. The zero-order valence-electron chi connectivity index (χ0n) is 12.9. The number of hydrogen-bond acceptors (Lipinski definition) is 3. The van der Waals surface area contributed by atoms with Gasteiger partial charge < -0.3 is 5.32 Å². The van der Waals surface area contributed by atoms with Gasteiger partial charge in [-0.3, -0.25) is 0 Å². The molecule has 2 aromatic rings. The second kappa shape index (κ2) is 6.71. The van der Waals surface area contributed by atoms with E-state index in [1.165, 1.54) is 46.8 Å². The fourth-order valence-electron chi connectivity index (χ4n) is 2.96. The van der Waals surface area contributed by atoms with Gasteiger partial charge in [-0.2, -0.15) is 0 Å². The van der Waals surface area contributed by atoms with Crippen LogP contribution in [-0.4, -0.2) is 11.0 Å². The summed E-state index contributed by atoms with van der Waals surface area (Å²) in [5.74, 6) is 0.699. The number of aromatic nitrogens is 1. The van der Waals surface area contributed by atoms with Crippen molar-refractivity contribution in [1.29, 1.82) is 0 Å². The fourth-order valence-corrected chi connectivity index (χ4v) is 4.16. The van der Waals surface area contributed by atoms with E-state index in [1.807, 2.05) is 11.3 Å². The predicted octanol–water partition coefficient (Wildman–Crippen LogP) is 4.97. The summed E-state index contributed by atoms with van der Waals surface area (Å²) in [5.41, 5.74) is 2.44. The van der Waals surface area contributed by atoms with Gasteiger partial charge in [-0.05, 0) is 12.8 Å². The van der Waals surface area contributed by atoms with E-state index in [2.05, 4.69) is 49.5 Å². The van der Waals surface area contributed by atoms with E-state index < -0.39 is 0 Å². The molecule has 0 atom stereocenters. The molecule has 2 nitrogen and oxygen atoms in total. The van der Waals surface area contributed by atoms with Gasteiger partial charge >= 0.3 is 0 Å². The molecule has 0 unspecified atom stereocenters. The fraction of sp³-hybridized carbons (Fsp3) is 0.500. The Bertz CT molecular complexity index is 568. The molecule has 3 heteroatoms. The van der Waals surface area contributed by atoms with Crippen LogP contribution >= 0.6 is 11.3 Å². The zero-order valence-corrected chi connectivity index (χ0v) is 13.7. The van der Waals surface area contributed by atoms with Gasteiger partial charge in [0.05, 0.1) is 10.7 Å². The maximum absolute atomic E-state index is 5.02. The van der Waals surface area contributed by atoms with Crippen LogP contribution in [0, 0.1) is 0 Å². The van der Waals surface area contributed by atoms with Crippen molar-refractivity contribution in [3.8, 4) is 11.3 Å². The molecule has 1 saturated carbocycles. The highest BCUT2D eigenvalue weighted by Gasteiger charge is 2.23. The molecular weight excluding hydrogens is 276 g/mol. The lowest BCUT2D eigenvalue weighted by Gasteiger charge is -2.07. The monoisotopic (exact) mass is 300 g/mol. The van der Waals surface area contributed by atoms with Gasteiger partial charge in [0.1, 0.15) is 0 Å². The molecule has 1 N–H and O–H groups in total. The molecule has 0 aliphatic heterocycles. The van der Waals surface area contributed by atoms with Crippen molar-refractivity contribution in [2.24, 2.45) is 0 Å². The average molecular weight is 300 g/mol. The van der Waals surface area contributed by atoms with Gasteiger partial charge in [-0.25, -0.2) is 4.98 Å². The Morgan fingerprint density at radius 2 is 1.90 bits per heavy atom. The van der Waals surface area contributed by atoms with Gasteiger partial charge in [0.25, 0.3) is 0 Å². The third-order valence-corrected chi connectivity index (χ3v) is 5.35. The lowest BCUT2D eigenvalue weighted by molar-refractivity contribution is 0.593. The number of nitrogens with one attached hydrogen (secondary N) is 1. The van der Waals surface area contributed by atoms with Crippen LogP contribution in [0.3, 0.4) is 0 Å². The van der Waals surface area contributed by atoms with Crippen LogP contribution in [0.15, 0.2) is 30.3 Å². The summed E-state index contributed by atoms with van der Waals surface area (Å²) in [6, 6.07) is 11.1. The molecular formula is C18H24N2S. The quantitative estimate of drug-likeness (QED) is 0.843. The number of nitrogens with zero attached hydrogens (tertiary/aromatic N) is 1. The Kier molecular flexibility index (Phi) is 4.71. The molecule has 1 aromatic carbocycles. The number of thiazole rings is 1. The number of hydrogen-bond donors (Lipinski definition) is 1. The smallest absolute Gasteiger partial charge is 0.0966 e. The summed E-state index contributed by atoms with van der Waals surface area (Å²) < 4.78 is 0. The summed E-state index contributed by atoms with van der Waals surface area (Å²) in [5, 5.41) is 4.90. The third-order valence-electron chi connectivity index (χ3n) is 4.14. The molecule has 0 amide bonds. The Balaban J connectivity index is 1.91. The first kappa shape index (κ1) is 14.7. The van der Waals surface area contributed by atoms with Crippen molar-refractivity contribution in [1.82, 2.24) is 10.3 Å². The number of rotatable bonds is 5. The van der Waals surface area contributed by atoms with Crippen molar-refractivity contribution >= 4 is 11.3 Å². The predicted molar refractivity (Wildman–Crippen MR) is 90.7 cm³/mol. The largest absolute Gasteiger partial charge is 0.310 e. The molecule has 1 aliphatic carbocycles. The highest BCUT2D eigenvalue weighted by atomic mass is 32.1. The van der Waals surface area contributed by atoms with Gasteiger partial charge in [0.15, 0.2) is 0 Å². The van der Waals surface area contributed by atoms with Gasteiger partial charge in [-0.1, -0.05) is 57.0 Å². The highest BCUT2D eigenvalue weighted by Crippen LogP contribution is 2.39. The van der Waals surface area contributed by atoms with E-state index >= 15 is 0 Å². The molecule has 21 heavy (non-hydrogen) atoms. The van der Waals surface area contributed by atoms with Crippen LogP contribution in [0.2, 0.25) is 0 Å². The van der Waals surface area contributed by atoms with Crippen molar-refractivity contribution in [3.63, 3.8) is 0 Å². The Labute approximate surface area is 131 Å². The molecule has 0 spiro atoms. The summed E-state index contributed by atoms with van der Waals surface area (Å²) >= 11 is 1.92. The molecule has 3 rings (SSSR count). The van der Waals surface area contributed by atoms with Crippen LogP contribution in [0.1, 0.15) is 55.3 Å². The first-order valence-corrected chi connectivity index (χ1v) is 8.84. The minimum atomic E-state index is 0.505. The van der Waals surface area contributed by atoms with Crippen molar-refractivity contribution < 1.29 is 0 Å². The van der Waals surface area contributed by atoms with Crippen LogP contribution in [0.5, 0.6) is 0 Å². The first-order valence-electron chi connectivity index (χ1n) is 8.02. The second-order valence-corrected chi connectivity index (χ2v) is 7.32. The summed E-state index contributed by atoms with van der Waals surface area (Å²) in [6.07, 6.45) is 5.37. The Morgan fingerprint density at radius 3 is 2.57 bits per heavy atom. The van der Waals surface area contributed by atoms with E-state index in [0.717, 1.165) is 6.54 Å². The molecule has 1 fully saturated rings. The first-order chi connectivity index (χ1) is 10.2. The maximum Gasteiger partial charge on any atom is 0.0966 e. The van der Waals surface area contributed by atoms with E-state index in [0.29, 0.717) is 12.0 Å². The van der Waals surface area contributed by atoms with Crippen LogP contribution in [-0.2, 0) is 6.54 Å². The van der Waals surface area contributed by atoms with Gasteiger partial charge in [0.2, 0.25) is 0 Å². The van der Waals surface area contributed by atoms with Crippen LogP contribution in [0.4, 0.5) is 0 Å². The zero-order chi connectivity index (χ0) is 14.7. The Morgan fingerprint density at radius 1 is 1.19 bits per heavy atom. The van der Waals surface area contributed by atoms with E-state index in [9.17, 15) is 0 Å². The minimum absolute atomic E-state index is 0.505. The standard InChI is InChI=1S/C18H24N2S/c1-13(2)19-12-16-17(14-8-4-3-5-9-14)20-18(21-16)15-10-6-7-11-15/h3-5,8-9,13,15,19H,6-7,10-12H2,1-2H3. The van der Waals surface area contributed by atoms with Crippen molar-refractivity contribution in [2.45, 2.75) is 58.0 Å². The van der Waals surface area contributed by atoms with E-state index in [1.54, 1.807) is 0 Å². The summed E-state index contributed by atoms with van der Waals surface area (Å²) in [6.45, 7) is 5.31. The summed E-state index contributed by atoms with van der Waals surface area (Å²) in [7, 11) is 0. The van der Waals surface area contributed by atoms with E-state index in [-0.39, 0.29) is 0 Å². The molecule has 112 valence electrons. The maximum atomic E-state index is 5.02. The Hall–Kier alpha value is -1.19. The number of benzene rings is 1. The second-order valence-electron chi connectivity index (χ2n) is 6.21. The lowest BCUT2D eigenvalue weighted by Crippen LogP contribution is -2.21. The van der Waals surface area contributed by atoms with Gasteiger partial charge in [-0.15, -0.1) is 11.3 Å². The van der Waals surface area contributed by atoms with Crippen LogP contribution in [0.25, 0.3) is 11.3 Å². The van der Waals surface area contributed by atoms with Crippen molar-refractivity contribution in [2.75, 3.05) is 0 Å². The third kappa shape index (κ3) is 3.53. The average Bonchev–Trinajstić information content (AvgIpc) is 3.15. The molecule has 0 bridgehead atoms. The van der Waals surface area contributed by atoms with Gasteiger partial charge in [0, 0.05) is 28.9 Å². The minimum Gasteiger partial charge on any atom is -0.310 e. The molecule has 1 aromatic heterocycles. The topological polar surface area (TPSA) is 24.9 Å². The summed E-state index contributed by atoms with van der Waals surface area (Å²) in [4.78, 5) is 6.40. The highest BCUT2D eigenvalue weighted by molar-refractivity contribution is 7.12. The normalized spacial score (nSPS) is 16.0. The molecule has 0 radical (unpaired) electrons. The molecule has 1 aliphatic rings. The SMILES string of the molecule is CC(C)NCc1sc(C2CCCC2)nc1-c1ccccc1. The molecule has 1 heterocycles. The van der Waals surface area contributed by atoms with E-state index in [4.69, 9.17) is 4.98 Å².